The Kier molecular flexibility index (Phi) is 4.81. The molecule has 1 aliphatic rings. The first-order valence-electron chi connectivity index (χ1n) is 6.72. The van der Waals surface area contributed by atoms with Crippen molar-refractivity contribution in [3.63, 3.8) is 0 Å². The number of benzene rings is 1. The lowest BCUT2D eigenvalue weighted by atomic mass is 9.95. The first-order chi connectivity index (χ1) is 9.24. The molecule has 5 heteroatoms. The molecule has 0 amide bonds. The molecule has 0 unspecified atom stereocenters. The van der Waals surface area contributed by atoms with Gasteiger partial charge in [0, 0.05) is 44.8 Å². The second-order valence-electron chi connectivity index (χ2n) is 5.37. The summed E-state index contributed by atoms with van der Waals surface area (Å²) in [5.74, 6) is 0.439. The van der Waals surface area contributed by atoms with Crippen LogP contribution >= 0.6 is 12.4 Å². The third kappa shape index (κ3) is 3.03. The Hall–Kier alpha value is -1.36. The highest BCUT2D eigenvalue weighted by atomic mass is 35.5. The number of aryl methyl sites for hydroxylation is 1. The summed E-state index contributed by atoms with van der Waals surface area (Å²) < 4.78 is 2.07. The summed E-state index contributed by atoms with van der Waals surface area (Å²) in [4.78, 5) is 6.58. The average Bonchev–Trinajstić information content (AvgIpc) is 2.98. The molecule has 1 aliphatic heterocycles. The van der Waals surface area contributed by atoms with E-state index in [0.717, 1.165) is 19.6 Å². The molecule has 20 heavy (non-hydrogen) atoms. The molecule has 1 saturated heterocycles. The van der Waals surface area contributed by atoms with Gasteiger partial charge in [0.1, 0.15) is 0 Å². The van der Waals surface area contributed by atoms with E-state index in [-0.39, 0.29) is 18.4 Å². The molecular formula is C15H21ClN4. The van der Waals surface area contributed by atoms with Crippen molar-refractivity contribution in [2.24, 2.45) is 12.8 Å². The van der Waals surface area contributed by atoms with Crippen LogP contribution in [0.25, 0.3) is 0 Å². The van der Waals surface area contributed by atoms with E-state index < -0.39 is 0 Å². The quantitative estimate of drug-likeness (QED) is 0.938. The minimum absolute atomic E-state index is 0. The van der Waals surface area contributed by atoms with Crippen LogP contribution in [-0.4, -0.2) is 33.6 Å². The van der Waals surface area contributed by atoms with E-state index in [1.165, 1.54) is 11.3 Å². The monoisotopic (exact) mass is 292 g/mol. The van der Waals surface area contributed by atoms with E-state index >= 15 is 0 Å². The van der Waals surface area contributed by atoms with Gasteiger partial charge in [0.05, 0.1) is 12.0 Å². The standard InChI is InChI=1S/C15H20N4.ClH/c1-18-11-17-7-13(18)8-19-9-14(15(16)10-19)12-5-3-2-4-6-12;/h2-7,11,14-15H,8-10,16H2,1H3;1H/t14-,15+;/m0./s1. The zero-order chi connectivity index (χ0) is 13.2. The van der Waals surface area contributed by atoms with Gasteiger partial charge >= 0.3 is 0 Å². The average molecular weight is 293 g/mol. The predicted octanol–water partition coefficient (Wildman–Crippen LogP) is 1.77. The van der Waals surface area contributed by atoms with E-state index in [9.17, 15) is 0 Å². The molecule has 2 aromatic rings. The summed E-state index contributed by atoms with van der Waals surface area (Å²) in [6.45, 7) is 2.90. The predicted molar refractivity (Wildman–Crippen MR) is 82.9 cm³/mol. The maximum absolute atomic E-state index is 6.30. The molecule has 2 heterocycles. The Bertz CT molecular complexity index is 540. The number of halogens is 1. The van der Waals surface area contributed by atoms with E-state index in [4.69, 9.17) is 5.73 Å². The molecule has 108 valence electrons. The molecule has 0 saturated carbocycles. The van der Waals surface area contributed by atoms with Gasteiger partial charge in [-0.3, -0.25) is 4.90 Å². The lowest BCUT2D eigenvalue weighted by Gasteiger charge is -2.16. The fourth-order valence-electron chi connectivity index (χ4n) is 2.86. The largest absolute Gasteiger partial charge is 0.337 e. The SMILES string of the molecule is Cl.Cn1cncc1CN1C[C@@H](N)[C@H](c2ccccc2)C1. The zero-order valence-electron chi connectivity index (χ0n) is 11.6. The van der Waals surface area contributed by atoms with Crippen molar-refractivity contribution >= 4 is 12.4 Å². The first-order valence-corrected chi connectivity index (χ1v) is 6.72. The maximum Gasteiger partial charge on any atom is 0.0945 e. The Morgan fingerprint density at radius 2 is 2.00 bits per heavy atom. The van der Waals surface area contributed by atoms with Crippen LogP contribution in [0.5, 0.6) is 0 Å². The minimum Gasteiger partial charge on any atom is -0.337 e. The normalized spacial score (nSPS) is 22.7. The Morgan fingerprint density at radius 1 is 1.25 bits per heavy atom. The Morgan fingerprint density at radius 3 is 2.65 bits per heavy atom. The third-order valence-corrected chi connectivity index (χ3v) is 3.97. The number of likely N-dealkylation sites (tertiary alicyclic amines) is 1. The fourth-order valence-corrected chi connectivity index (χ4v) is 2.86. The molecule has 1 aromatic carbocycles. The van der Waals surface area contributed by atoms with Crippen molar-refractivity contribution in [3.05, 3.63) is 54.1 Å². The molecule has 0 spiro atoms. The number of imidazole rings is 1. The van der Waals surface area contributed by atoms with Crippen LogP contribution in [0.4, 0.5) is 0 Å². The van der Waals surface area contributed by atoms with Crippen molar-refractivity contribution in [1.29, 1.82) is 0 Å². The van der Waals surface area contributed by atoms with Gasteiger partial charge in [-0.05, 0) is 5.56 Å². The summed E-state index contributed by atoms with van der Waals surface area (Å²) in [6.07, 6.45) is 3.78. The van der Waals surface area contributed by atoms with E-state index in [1.54, 1.807) is 0 Å². The van der Waals surface area contributed by atoms with Gasteiger partial charge in [0.2, 0.25) is 0 Å². The molecule has 2 atom stereocenters. The summed E-state index contributed by atoms with van der Waals surface area (Å²) in [5.41, 5.74) is 8.89. The molecule has 0 radical (unpaired) electrons. The van der Waals surface area contributed by atoms with Gasteiger partial charge in [-0.15, -0.1) is 12.4 Å². The van der Waals surface area contributed by atoms with E-state index in [1.807, 2.05) is 19.6 Å². The summed E-state index contributed by atoms with van der Waals surface area (Å²) in [7, 11) is 2.03. The lowest BCUT2D eigenvalue weighted by molar-refractivity contribution is 0.316. The molecular weight excluding hydrogens is 272 g/mol. The molecule has 1 aromatic heterocycles. The van der Waals surface area contributed by atoms with Crippen molar-refractivity contribution in [2.45, 2.75) is 18.5 Å². The molecule has 2 N–H and O–H groups in total. The topological polar surface area (TPSA) is 47.1 Å². The van der Waals surface area contributed by atoms with Gasteiger partial charge in [-0.25, -0.2) is 4.98 Å². The van der Waals surface area contributed by atoms with Crippen LogP contribution in [0.3, 0.4) is 0 Å². The smallest absolute Gasteiger partial charge is 0.0945 e. The van der Waals surface area contributed by atoms with Crippen LogP contribution in [0.15, 0.2) is 42.9 Å². The molecule has 3 rings (SSSR count). The van der Waals surface area contributed by atoms with Crippen LogP contribution in [-0.2, 0) is 13.6 Å². The highest BCUT2D eigenvalue weighted by Crippen LogP contribution is 2.27. The third-order valence-electron chi connectivity index (χ3n) is 3.97. The van der Waals surface area contributed by atoms with Crippen LogP contribution in [0.1, 0.15) is 17.2 Å². The Labute approximate surface area is 126 Å². The summed E-state index contributed by atoms with van der Waals surface area (Å²) >= 11 is 0. The highest BCUT2D eigenvalue weighted by Gasteiger charge is 2.31. The zero-order valence-corrected chi connectivity index (χ0v) is 12.5. The molecule has 4 nitrogen and oxygen atoms in total. The van der Waals surface area contributed by atoms with Crippen molar-refractivity contribution < 1.29 is 0 Å². The van der Waals surface area contributed by atoms with Crippen molar-refractivity contribution in [3.8, 4) is 0 Å². The van der Waals surface area contributed by atoms with Crippen LogP contribution in [0.2, 0.25) is 0 Å². The number of nitrogens with zero attached hydrogens (tertiary/aromatic N) is 3. The number of rotatable bonds is 3. The van der Waals surface area contributed by atoms with Crippen LogP contribution in [0, 0.1) is 0 Å². The van der Waals surface area contributed by atoms with E-state index in [0.29, 0.717) is 5.92 Å². The molecule has 1 fully saturated rings. The minimum atomic E-state index is 0. The Balaban J connectivity index is 0.00000147. The van der Waals surface area contributed by atoms with Crippen molar-refractivity contribution in [1.82, 2.24) is 14.5 Å². The maximum atomic E-state index is 6.30. The number of aromatic nitrogens is 2. The first kappa shape index (κ1) is 15.0. The highest BCUT2D eigenvalue weighted by molar-refractivity contribution is 5.85. The van der Waals surface area contributed by atoms with Gasteiger partial charge in [0.15, 0.2) is 0 Å². The molecule has 0 bridgehead atoms. The van der Waals surface area contributed by atoms with E-state index in [2.05, 4.69) is 44.8 Å². The van der Waals surface area contributed by atoms with Crippen LogP contribution < -0.4 is 5.73 Å². The lowest BCUT2D eigenvalue weighted by Crippen LogP contribution is -2.28. The summed E-state index contributed by atoms with van der Waals surface area (Å²) in [6, 6.07) is 10.8. The second kappa shape index (κ2) is 6.39. The van der Waals surface area contributed by atoms with Crippen molar-refractivity contribution in [2.75, 3.05) is 13.1 Å². The van der Waals surface area contributed by atoms with Gasteiger partial charge in [-0.2, -0.15) is 0 Å². The molecule has 0 aliphatic carbocycles. The van der Waals surface area contributed by atoms with Gasteiger partial charge in [0.25, 0.3) is 0 Å². The number of hydrogen-bond donors (Lipinski definition) is 1. The van der Waals surface area contributed by atoms with Gasteiger partial charge < -0.3 is 10.3 Å². The summed E-state index contributed by atoms with van der Waals surface area (Å²) in [5, 5.41) is 0. The van der Waals surface area contributed by atoms with Gasteiger partial charge in [-0.1, -0.05) is 30.3 Å². The number of hydrogen-bond acceptors (Lipinski definition) is 3. The number of nitrogens with two attached hydrogens (primary N) is 1. The fraction of sp³-hybridized carbons (Fsp3) is 0.400. The second-order valence-corrected chi connectivity index (χ2v) is 5.37.